The van der Waals surface area contributed by atoms with Crippen molar-refractivity contribution in [1.29, 1.82) is 5.26 Å². The molecule has 22 heavy (non-hydrogen) atoms. The Bertz CT molecular complexity index is 874. The third kappa shape index (κ3) is 2.49. The lowest BCUT2D eigenvalue weighted by Gasteiger charge is -2.02. The van der Waals surface area contributed by atoms with Gasteiger partial charge in [-0.2, -0.15) is 10.2 Å². The normalized spacial score (nSPS) is 10.5. The van der Waals surface area contributed by atoms with E-state index in [-0.39, 0.29) is 18.9 Å². The van der Waals surface area contributed by atoms with E-state index in [1.165, 1.54) is 0 Å². The summed E-state index contributed by atoms with van der Waals surface area (Å²) < 4.78 is 6.87. The van der Waals surface area contributed by atoms with Crippen LogP contribution in [0.25, 0.3) is 17.1 Å². The molecule has 3 aromatic heterocycles. The summed E-state index contributed by atoms with van der Waals surface area (Å²) in [7, 11) is 0. The van der Waals surface area contributed by atoms with Crippen LogP contribution < -0.4 is 5.32 Å². The minimum Gasteiger partial charge on any atom is -0.348 e. The highest BCUT2D eigenvalue weighted by molar-refractivity contribution is 5.78. The molecule has 3 heterocycles. The zero-order valence-electron chi connectivity index (χ0n) is 11.6. The Labute approximate surface area is 124 Å². The Morgan fingerprint density at radius 1 is 1.50 bits per heavy atom. The molecule has 0 fully saturated rings. The number of hydrogen-bond donors (Lipinski definition) is 1. The van der Waals surface area contributed by atoms with Gasteiger partial charge in [0.05, 0.1) is 18.2 Å². The number of nitrogens with one attached hydrogen (secondary N) is 1. The molecular formula is C13H11N7O2. The molecule has 3 aromatic rings. The summed E-state index contributed by atoms with van der Waals surface area (Å²) in [5.41, 5.74) is 1.21. The number of carbonyl (C=O) groups is 1. The van der Waals surface area contributed by atoms with E-state index in [1.54, 1.807) is 35.7 Å². The summed E-state index contributed by atoms with van der Waals surface area (Å²) in [6.45, 7) is 1.90. The molecule has 110 valence electrons. The number of aromatic nitrogens is 5. The first kappa shape index (κ1) is 13.7. The summed E-state index contributed by atoms with van der Waals surface area (Å²) in [4.78, 5) is 15.5. The lowest BCUT2D eigenvalue weighted by molar-refractivity contribution is -0.120. The van der Waals surface area contributed by atoms with Crippen LogP contribution in [0.4, 0.5) is 0 Å². The van der Waals surface area contributed by atoms with E-state index in [0.29, 0.717) is 28.8 Å². The Kier molecular flexibility index (Phi) is 3.49. The van der Waals surface area contributed by atoms with Crippen LogP contribution in [0.5, 0.6) is 0 Å². The van der Waals surface area contributed by atoms with Gasteiger partial charge < -0.3 is 9.84 Å². The van der Waals surface area contributed by atoms with Gasteiger partial charge in [-0.25, -0.2) is 0 Å². The molecule has 0 aliphatic carbocycles. The molecule has 0 bridgehead atoms. The molecule has 1 amide bonds. The fourth-order valence-electron chi connectivity index (χ4n) is 1.97. The summed E-state index contributed by atoms with van der Waals surface area (Å²) in [6.07, 6.45) is 1.58. The number of rotatable bonds is 4. The first-order valence-electron chi connectivity index (χ1n) is 6.46. The summed E-state index contributed by atoms with van der Waals surface area (Å²) >= 11 is 0. The van der Waals surface area contributed by atoms with Crippen LogP contribution in [0.2, 0.25) is 0 Å². The average molecular weight is 297 g/mol. The standard InChI is InChI=1S/C13H11N7O2/c1-8-16-13(22-19-8)9-3-2-6-20-10(17-18-12(9)20)7-15-11(21)4-5-14/h2-3,6H,4,7H2,1H3,(H,15,21). The highest BCUT2D eigenvalue weighted by atomic mass is 16.5. The highest BCUT2D eigenvalue weighted by Gasteiger charge is 2.15. The third-order valence-corrected chi connectivity index (χ3v) is 2.95. The smallest absolute Gasteiger partial charge is 0.261 e. The van der Waals surface area contributed by atoms with Gasteiger partial charge in [0.15, 0.2) is 17.3 Å². The van der Waals surface area contributed by atoms with Crippen molar-refractivity contribution in [2.24, 2.45) is 0 Å². The van der Waals surface area contributed by atoms with Crippen molar-refractivity contribution >= 4 is 11.6 Å². The Balaban J connectivity index is 1.92. The van der Waals surface area contributed by atoms with E-state index in [0.717, 1.165) is 0 Å². The number of nitrogens with zero attached hydrogens (tertiary/aromatic N) is 6. The van der Waals surface area contributed by atoms with Gasteiger partial charge in [-0.3, -0.25) is 9.20 Å². The fourth-order valence-corrected chi connectivity index (χ4v) is 1.97. The van der Waals surface area contributed by atoms with E-state index in [4.69, 9.17) is 9.78 Å². The SMILES string of the molecule is Cc1noc(-c2cccn3c(CNC(=O)CC#N)nnc23)n1. The maximum atomic E-state index is 11.3. The van der Waals surface area contributed by atoms with Crippen molar-refractivity contribution in [3.05, 3.63) is 30.0 Å². The van der Waals surface area contributed by atoms with Crippen LogP contribution >= 0.6 is 0 Å². The topological polar surface area (TPSA) is 122 Å². The highest BCUT2D eigenvalue weighted by Crippen LogP contribution is 2.21. The second kappa shape index (κ2) is 5.61. The predicted octanol–water partition coefficient (Wildman–Crippen LogP) is 0.618. The molecule has 0 unspecified atom stereocenters. The molecule has 0 aliphatic rings. The van der Waals surface area contributed by atoms with Crippen LogP contribution in [0.1, 0.15) is 18.1 Å². The fraction of sp³-hybridized carbons (Fsp3) is 0.231. The lowest BCUT2D eigenvalue weighted by Crippen LogP contribution is -2.23. The Morgan fingerprint density at radius 3 is 3.09 bits per heavy atom. The van der Waals surface area contributed by atoms with Crippen molar-refractivity contribution in [2.45, 2.75) is 19.9 Å². The number of pyridine rings is 1. The van der Waals surface area contributed by atoms with Crippen molar-refractivity contribution in [2.75, 3.05) is 0 Å². The first-order valence-corrected chi connectivity index (χ1v) is 6.46. The van der Waals surface area contributed by atoms with Gasteiger partial charge in [0.25, 0.3) is 5.89 Å². The number of nitriles is 1. The van der Waals surface area contributed by atoms with Gasteiger partial charge >= 0.3 is 0 Å². The molecule has 0 atom stereocenters. The number of hydrogen-bond acceptors (Lipinski definition) is 7. The van der Waals surface area contributed by atoms with E-state index >= 15 is 0 Å². The average Bonchev–Trinajstić information content (AvgIpc) is 3.11. The van der Waals surface area contributed by atoms with Crippen LogP contribution in [-0.4, -0.2) is 30.6 Å². The maximum Gasteiger partial charge on any atom is 0.261 e. The molecule has 9 nitrogen and oxygen atoms in total. The van der Waals surface area contributed by atoms with Gasteiger partial charge in [0.2, 0.25) is 5.91 Å². The lowest BCUT2D eigenvalue weighted by atomic mass is 10.2. The van der Waals surface area contributed by atoms with Gasteiger partial charge in [0.1, 0.15) is 6.42 Å². The molecule has 0 saturated carbocycles. The zero-order chi connectivity index (χ0) is 15.5. The number of fused-ring (bicyclic) bond motifs is 1. The van der Waals surface area contributed by atoms with Crippen molar-refractivity contribution < 1.29 is 9.32 Å². The monoisotopic (exact) mass is 297 g/mol. The predicted molar refractivity (Wildman–Crippen MR) is 73.1 cm³/mol. The van der Waals surface area contributed by atoms with E-state index in [2.05, 4.69) is 25.7 Å². The summed E-state index contributed by atoms with van der Waals surface area (Å²) in [6, 6.07) is 5.38. The molecule has 0 saturated heterocycles. The van der Waals surface area contributed by atoms with Crippen LogP contribution in [0.3, 0.4) is 0 Å². The number of aryl methyl sites for hydroxylation is 1. The molecule has 0 aliphatic heterocycles. The largest absolute Gasteiger partial charge is 0.348 e. The second-order valence-electron chi connectivity index (χ2n) is 4.49. The quantitative estimate of drug-likeness (QED) is 0.748. The molecule has 0 radical (unpaired) electrons. The van der Waals surface area contributed by atoms with E-state index in [9.17, 15) is 4.79 Å². The Hall–Kier alpha value is -3.28. The summed E-state index contributed by atoms with van der Waals surface area (Å²) in [5, 5.41) is 23.0. The van der Waals surface area contributed by atoms with Crippen molar-refractivity contribution in [3.8, 4) is 17.5 Å². The number of carbonyl (C=O) groups excluding carboxylic acids is 1. The van der Waals surface area contributed by atoms with Gasteiger partial charge in [-0.05, 0) is 19.1 Å². The third-order valence-electron chi connectivity index (χ3n) is 2.95. The first-order chi connectivity index (χ1) is 10.7. The van der Waals surface area contributed by atoms with E-state index < -0.39 is 0 Å². The molecule has 0 aromatic carbocycles. The molecule has 0 spiro atoms. The van der Waals surface area contributed by atoms with Crippen LogP contribution in [0, 0.1) is 18.3 Å². The zero-order valence-corrected chi connectivity index (χ0v) is 11.6. The molecule has 1 N–H and O–H groups in total. The maximum absolute atomic E-state index is 11.3. The molecule has 3 rings (SSSR count). The van der Waals surface area contributed by atoms with Gasteiger partial charge in [-0.15, -0.1) is 10.2 Å². The summed E-state index contributed by atoms with van der Waals surface area (Å²) in [5.74, 6) is 1.07. The van der Waals surface area contributed by atoms with Crippen LogP contribution in [0.15, 0.2) is 22.9 Å². The molecular weight excluding hydrogens is 286 g/mol. The second-order valence-corrected chi connectivity index (χ2v) is 4.49. The number of amides is 1. The van der Waals surface area contributed by atoms with Gasteiger partial charge in [0, 0.05) is 6.20 Å². The van der Waals surface area contributed by atoms with Crippen molar-refractivity contribution in [1.82, 2.24) is 30.1 Å². The van der Waals surface area contributed by atoms with E-state index in [1.807, 2.05) is 0 Å². The van der Waals surface area contributed by atoms with Crippen LogP contribution in [-0.2, 0) is 11.3 Å². The molecule has 9 heteroatoms. The minimum absolute atomic E-state index is 0.175. The minimum atomic E-state index is -0.358. The van der Waals surface area contributed by atoms with Crippen molar-refractivity contribution in [3.63, 3.8) is 0 Å². The van der Waals surface area contributed by atoms with Gasteiger partial charge in [-0.1, -0.05) is 5.16 Å². The Morgan fingerprint density at radius 2 is 2.36 bits per heavy atom.